The van der Waals surface area contributed by atoms with E-state index in [2.05, 4.69) is 9.97 Å². The van der Waals surface area contributed by atoms with Gasteiger partial charge in [-0.25, -0.2) is 15.0 Å². The second-order valence-corrected chi connectivity index (χ2v) is 8.45. The Morgan fingerprint density at radius 3 is 1.16 bits per heavy atom. The molecule has 0 bridgehead atoms. The van der Waals surface area contributed by atoms with Crippen LogP contribution in [0.15, 0.2) is 0 Å². The van der Waals surface area contributed by atoms with Gasteiger partial charge in [-0.05, 0) is 37.3 Å². The monoisotopic (exact) mass is 363 g/mol. The van der Waals surface area contributed by atoms with Crippen molar-refractivity contribution in [3.8, 4) is 0 Å². The highest BCUT2D eigenvalue weighted by atomic mass is 35.5. The lowest BCUT2D eigenvalue weighted by atomic mass is 9.94. The number of hydrogen-bond acceptors (Lipinski definition) is 3. The molecule has 1 heterocycles. The zero-order valence-corrected chi connectivity index (χ0v) is 16.4. The third-order valence-corrected chi connectivity index (χ3v) is 6.25. The van der Waals surface area contributed by atoms with Crippen LogP contribution in [0.5, 0.6) is 0 Å². The minimum absolute atomic E-state index is 0.416. The Morgan fingerprint density at radius 1 is 0.480 bits per heavy atom. The summed E-state index contributed by atoms with van der Waals surface area (Å²) in [4.78, 5) is 14.1. The largest absolute Gasteiger partial charge is 0.225 e. The average Bonchev–Trinajstić information content (AvgIpc) is 2.84. The summed E-state index contributed by atoms with van der Waals surface area (Å²) in [6.07, 6.45) is 21.0. The Hall–Kier alpha value is -0.700. The quantitative estimate of drug-likeness (QED) is 0.569. The molecule has 0 aliphatic heterocycles. The number of hydrogen-bond donors (Lipinski definition) is 0. The smallest absolute Gasteiger partial charge is 0.217 e. The van der Waals surface area contributed by atoms with Crippen molar-refractivity contribution in [2.24, 2.45) is 0 Å². The molecule has 2 aliphatic rings. The van der Waals surface area contributed by atoms with Gasteiger partial charge in [0.15, 0.2) is 0 Å². The van der Waals surface area contributed by atoms with Gasteiger partial charge < -0.3 is 0 Å². The molecule has 140 valence electrons. The van der Waals surface area contributed by atoms with Crippen LogP contribution in [-0.4, -0.2) is 15.0 Å². The maximum atomic E-state index is 6.34. The summed E-state index contributed by atoms with van der Waals surface area (Å²) in [5, 5.41) is 0.416. The molecule has 1 aromatic rings. The number of nitrogens with zero attached hydrogens (tertiary/aromatic N) is 3. The molecule has 0 spiro atoms. The molecule has 25 heavy (non-hydrogen) atoms. The van der Waals surface area contributed by atoms with Crippen molar-refractivity contribution in [2.75, 3.05) is 0 Å². The van der Waals surface area contributed by atoms with Crippen LogP contribution in [0.25, 0.3) is 0 Å². The standard InChI is InChI=1S/C21H34ClN3/c22-21-24-19(17-13-9-5-1-2-6-10-14-17)23-20(25-21)18-15-11-7-3-4-8-12-16-18/h17-18H,1-16H2. The Labute approximate surface area is 158 Å². The van der Waals surface area contributed by atoms with E-state index in [0.717, 1.165) is 11.6 Å². The normalized spacial score (nSPS) is 22.9. The van der Waals surface area contributed by atoms with Gasteiger partial charge in [-0.15, -0.1) is 0 Å². The molecule has 1 aromatic heterocycles. The molecule has 0 saturated heterocycles. The van der Waals surface area contributed by atoms with Crippen molar-refractivity contribution in [1.82, 2.24) is 15.0 Å². The number of aromatic nitrogens is 3. The van der Waals surface area contributed by atoms with Crippen LogP contribution >= 0.6 is 11.6 Å². The molecule has 0 aromatic carbocycles. The molecule has 2 aliphatic carbocycles. The number of halogens is 1. The van der Waals surface area contributed by atoms with E-state index in [1.807, 2.05) is 0 Å². The lowest BCUT2D eigenvalue weighted by molar-refractivity contribution is 0.485. The lowest BCUT2D eigenvalue weighted by Crippen LogP contribution is -2.12. The molecule has 0 atom stereocenters. The second kappa shape index (κ2) is 10.4. The maximum Gasteiger partial charge on any atom is 0.225 e. The van der Waals surface area contributed by atoms with Gasteiger partial charge in [0, 0.05) is 11.8 Å². The third-order valence-electron chi connectivity index (χ3n) is 6.08. The fourth-order valence-corrected chi connectivity index (χ4v) is 4.70. The Balaban J connectivity index is 1.75. The summed E-state index contributed by atoms with van der Waals surface area (Å²) >= 11 is 6.34. The van der Waals surface area contributed by atoms with Crippen molar-refractivity contribution in [3.05, 3.63) is 16.9 Å². The first-order valence-corrected chi connectivity index (χ1v) is 11.1. The van der Waals surface area contributed by atoms with E-state index in [4.69, 9.17) is 16.6 Å². The van der Waals surface area contributed by atoms with Crippen LogP contribution in [0, 0.1) is 0 Å². The summed E-state index contributed by atoms with van der Waals surface area (Å²) < 4.78 is 0. The van der Waals surface area contributed by atoms with Crippen LogP contribution in [0.2, 0.25) is 5.28 Å². The topological polar surface area (TPSA) is 38.7 Å². The molecule has 0 amide bonds. The van der Waals surface area contributed by atoms with E-state index in [1.165, 1.54) is 103 Å². The zero-order valence-electron chi connectivity index (χ0n) is 15.7. The summed E-state index contributed by atoms with van der Waals surface area (Å²) in [6.45, 7) is 0. The fraction of sp³-hybridized carbons (Fsp3) is 0.857. The molecule has 3 nitrogen and oxygen atoms in total. The van der Waals surface area contributed by atoms with E-state index in [1.54, 1.807) is 0 Å². The second-order valence-electron chi connectivity index (χ2n) is 8.11. The van der Waals surface area contributed by atoms with Gasteiger partial charge in [0.25, 0.3) is 0 Å². The van der Waals surface area contributed by atoms with Crippen molar-refractivity contribution < 1.29 is 0 Å². The molecule has 2 saturated carbocycles. The fourth-order valence-electron chi connectivity index (χ4n) is 4.53. The van der Waals surface area contributed by atoms with E-state index < -0.39 is 0 Å². The Bertz CT molecular complexity index is 458. The van der Waals surface area contributed by atoms with Crippen LogP contribution in [-0.2, 0) is 0 Å². The van der Waals surface area contributed by atoms with E-state index >= 15 is 0 Å². The minimum atomic E-state index is 0.416. The highest BCUT2D eigenvalue weighted by Gasteiger charge is 2.22. The summed E-state index contributed by atoms with van der Waals surface area (Å²) in [6, 6.07) is 0. The van der Waals surface area contributed by atoms with Gasteiger partial charge in [-0.3, -0.25) is 0 Å². The molecular formula is C21H34ClN3. The Kier molecular flexibility index (Phi) is 7.97. The zero-order chi connectivity index (χ0) is 17.3. The van der Waals surface area contributed by atoms with Crippen LogP contribution in [0.3, 0.4) is 0 Å². The SMILES string of the molecule is Clc1nc(C2CCCCCCCC2)nc(C2CCCCCCCC2)n1. The highest BCUT2D eigenvalue weighted by molar-refractivity contribution is 6.28. The van der Waals surface area contributed by atoms with E-state index in [9.17, 15) is 0 Å². The molecule has 2 fully saturated rings. The lowest BCUT2D eigenvalue weighted by Gasteiger charge is -2.19. The molecule has 0 radical (unpaired) electrons. The molecule has 3 rings (SSSR count). The molecular weight excluding hydrogens is 330 g/mol. The molecule has 0 N–H and O–H groups in total. The average molecular weight is 364 g/mol. The third kappa shape index (κ3) is 6.20. The van der Waals surface area contributed by atoms with Gasteiger partial charge in [0.1, 0.15) is 11.6 Å². The van der Waals surface area contributed by atoms with Gasteiger partial charge in [-0.2, -0.15) is 0 Å². The molecule has 4 heteroatoms. The van der Waals surface area contributed by atoms with E-state index in [-0.39, 0.29) is 0 Å². The highest BCUT2D eigenvalue weighted by Crippen LogP contribution is 2.32. The first-order valence-electron chi connectivity index (χ1n) is 10.7. The Morgan fingerprint density at radius 2 is 0.800 bits per heavy atom. The minimum Gasteiger partial charge on any atom is -0.217 e. The maximum absolute atomic E-state index is 6.34. The van der Waals surface area contributed by atoms with Gasteiger partial charge in [0.05, 0.1) is 0 Å². The van der Waals surface area contributed by atoms with Gasteiger partial charge in [0.2, 0.25) is 5.28 Å². The predicted octanol–water partition coefficient (Wildman–Crippen LogP) is 6.96. The van der Waals surface area contributed by atoms with Gasteiger partial charge in [-0.1, -0.05) is 77.0 Å². The van der Waals surface area contributed by atoms with Crippen LogP contribution in [0.1, 0.15) is 126 Å². The van der Waals surface area contributed by atoms with Crippen molar-refractivity contribution in [2.45, 2.75) is 115 Å². The van der Waals surface area contributed by atoms with Crippen LogP contribution in [0.4, 0.5) is 0 Å². The van der Waals surface area contributed by atoms with Crippen molar-refractivity contribution in [1.29, 1.82) is 0 Å². The van der Waals surface area contributed by atoms with Gasteiger partial charge >= 0.3 is 0 Å². The summed E-state index contributed by atoms with van der Waals surface area (Å²) in [5.41, 5.74) is 0. The number of rotatable bonds is 2. The predicted molar refractivity (Wildman–Crippen MR) is 104 cm³/mol. The van der Waals surface area contributed by atoms with Crippen molar-refractivity contribution in [3.63, 3.8) is 0 Å². The first kappa shape index (κ1) is 19.1. The van der Waals surface area contributed by atoms with Crippen LogP contribution < -0.4 is 0 Å². The molecule has 0 unspecified atom stereocenters. The summed E-state index contributed by atoms with van der Waals surface area (Å²) in [7, 11) is 0. The van der Waals surface area contributed by atoms with Crippen molar-refractivity contribution >= 4 is 11.6 Å². The summed E-state index contributed by atoms with van der Waals surface area (Å²) in [5.74, 6) is 2.93. The van der Waals surface area contributed by atoms with E-state index in [0.29, 0.717) is 17.1 Å². The first-order chi connectivity index (χ1) is 12.3.